The van der Waals surface area contributed by atoms with Gasteiger partial charge in [-0.05, 0) is 24.3 Å². The molecule has 2 aliphatic heterocycles. The molecule has 2 saturated heterocycles. The Hall–Kier alpha value is -1.84. The molecule has 0 aromatic heterocycles. The first-order valence-electron chi connectivity index (χ1n) is 7.36. The molecule has 4 heteroatoms. The van der Waals surface area contributed by atoms with Gasteiger partial charge in [0.05, 0.1) is 6.54 Å². The summed E-state index contributed by atoms with van der Waals surface area (Å²) in [6.07, 6.45) is 2.93. The SMILES string of the molecule is CCC1CCN2C(=O)N(Cc3ccccc3)C(=O)C2C1. The van der Waals surface area contributed by atoms with Crippen LogP contribution in [0.4, 0.5) is 4.79 Å². The minimum Gasteiger partial charge on any atom is -0.312 e. The van der Waals surface area contributed by atoms with Gasteiger partial charge in [0.2, 0.25) is 0 Å². The zero-order chi connectivity index (χ0) is 14.1. The fourth-order valence-electron chi connectivity index (χ4n) is 3.21. The lowest BCUT2D eigenvalue weighted by molar-refractivity contribution is -0.129. The van der Waals surface area contributed by atoms with Crippen LogP contribution in [0.25, 0.3) is 0 Å². The number of carbonyl (C=O) groups excluding carboxylic acids is 2. The summed E-state index contributed by atoms with van der Waals surface area (Å²) in [5.41, 5.74) is 1.00. The predicted molar refractivity (Wildman–Crippen MR) is 75.9 cm³/mol. The van der Waals surface area contributed by atoms with E-state index < -0.39 is 0 Å². The number of rotatable bonds is 3. The van der Waals surface area contributed by atoms with E-state index in [0.717, 1.165) is 31.4 Å². The van der Waals surface area contributed by atoms with Gasteiger partial charge in [-0.2, -0.15) is 0 Å². The molecule has 0 bridgehead atoms. The van der Waals surface area contributed by atoms with E-state index >= 15 is 0 Å². The standard InChI is InChI=1S/C16H20N2O2/c1-2-12-8-9-17-14(10-12)15(19)18(16(17)20)11-13-6-4-3-5-7-13/h3-7,12,14H,2,8-11H2,1H3. The highest BCUT2D eigenvalue weighted by Crippen LogP contribution is 2.32. The first-order chi connectivity index (χ1) is 9.70. The van der Waals surface area contributed by atoms with Gasteiger partial charge in [-0.3, -0.25) is 9.69 Å². The number of fused-ring (bicyclic) bond motifs is 1. The van der Waals surface area contributed by atoms with Crippen LogP contribution in [0.2, 0.25) is 0 Å². The highest BCUT2D eigenvalue weighted by atomic mass is 16.2. The maximum absolute atomic E-state index is 12.5. The smallest absolute Gasteiger partial charge is 0.312 e. The third-order valence-corrected chi connectivity index (χ3v) is 4.50. The van der Waals surface area contributed by atoms with Crippen molar-refractivity contribution in [1.82, 2.24) is 9.80 Å². The van der Waals surface area contributed by atoms with Gasteiger partial charge in [-0.15, -0.1) is 0 Å². The van der Waals surface area contributed by atoms with Crippen LogP contribution >= 0.6 is 0 Å². The third kappa shape index (κ3) is 2.19. The van der Waals surface area contributed by atoms with Crippen molar-refractivity contribution in [2.45, 2.75) is 38.8 Å². The largest absolute Gasteiger partial charge is 0.327 e. The molecule has 2 unspecified atom stereocenters. The zero-order valence-electron chi connectivity index (χ0n) is 11.8. The molecule has 3 rings (SSSR count). The molecule has 1 aromatic rings. The van der Waals surface area contributed by atoms with Gasteiger partial charge in [0.15, 0.2) is 0 Å². The predicted octanol–water partition coefficient (Wildman–Crippen LogP) is 2.64. The third-order valence-electron chi connectivity index (χ3n) is 4.50. The highest BCUT2D eigenvalue weighted by Gasteiger charge is 2.47. The van der Waals surface area contributed by atoms with Gasteiger partial charge in [0.25, 0.3) is 5.91 Å². The lowest BCUT2D eigenvalue weighted by Crippen LogP contribution is -2.42. The van der Waals surface area contributed by atoms with E-state index in [-0.39, 0.29) is 18.0 Å². The molecule has 2 fully saturated rings. The minimum atomic E-state index is -0.218. The van der Waals surface area contributed by atoms with Crippen molar-refractivity contribution in [2.75, 3.05) is 6.54 Å². The maximum atomic E-state index is 12.5. The summed E-state index contributed by atoms with van der Waals surface area (Å²) in [7, 11) is 0. The summed E-state index contributed by atoms with van der Waals surface area (Å²) < 4.78 is 0. The van der Waals surface area contributed by atoms with Crippen LogP contribution in [-0.4, -0.2) is 34.3 Å². The van der Waals surface area contributed by atoms with E-state index in [1.807, 2.05) is 30.3 Å². The van der Waals surface area contributed by atoms with Crippen molar-refractivity contribution >= 4 is 11.9 Å². The van der Waals surface area contributed by atoms with Crippen molar-refractivity contribution in [3.05, 3.63) is 35.9 Å². The van der Waals surface area contributed by atoms with Gasteiger partial charge in [0, 0.05) is 6.54 Å². The molecule has 0 radical (unpaired) electrons. The summed E-state index contributed by atoms with van der Waals surface area (Å²) in [4.78, 5) is 28.0. The van der Waals surface area contributed by atoms with E-state index in [2.05, 4.69) is 6.92 Å². The quantitative estimate of drug-likeness (QED) is 0.794. The average molecular weight is 272 g/mol. The number of benzene rings is 1. The molecule has 0 aliphatic carbocycles. The topological polar surface area (TPSA) is 40.6 Å². The van der Waals surface area contributed by atoms with E-state index in [9.17, 15) is 9.59 Å². The van der Waals surface area contributed by atoms with Gasteiger partial charge >= 0.3 is 6.03 Å². The summed E-state index contributed by atoms with van der Waals surface area (Å²) >= 11 is 0. The Morgan fingerprint density at radius 3 is 2.65 bits per heavy atom. The Labute approximate surface area is 119 Å². The van der Waals surface area contributed by atoms with Crippen molar-refractivity contribution < 1.29 is 9.59 Å². The van der Waals surface area contributed by atoms with Crippen LogP contribution < -0.4 is 0 Å². The summed E-state index contributed by atoms with van der Waals surface area (Å²) in [5.74, 6) is 0.557. The molecule has 2 aliphatic rings. The highest BCUT2D eigenvalue weighted by molar-refractivity contribution is 6.04. The number of carbonyl (C=O) groups is 2. The van der Waals surface area contributed by atoms with Crippen LogP contribution in [0, 0.1) is 5.92 Å². The van der Waals surface area contributed by atoms with Crippen LogP contribution in [0.1, 0.15) is 31.7 Å². The van der Waals surface area contributed by atoms with Crippen molar-refractivity contribution in [2.24, 2.45) is 5.92 Å². The Balaban J connectivity index is 1.77. The second-order valence-corrected chi connectivity index (χ2v) is 5.70. The molecule has 2 heterocycles. The number of nitrogens with zero attached hydrogens (tertiary/aromatic N) is 2. The first kappa shape index (κ1) is 13.2. The van der Waals surface area contributed by atoms with Crippen LogP contribution in [-0.2, 0) is 11.3 Å². The fourth-order valence-corrected chi connectivity index (χ4v) is 3.21. The molecule has 106 valence electrons. The van der Waals surface area contributed by atoms with Crippen LogP contribution in [0.5, 0.6) is 0 Å². The first-order valence-corrected chi connectivity index (χ1v) is 7.36. The summed E-state index contributed by atoms with van der Waals surface area (Å²) in [6, 6.07) is 9.37. The molecule has 2 atom stereocenters. The van der Waals surface area contributed by atoms with Gasteiger partial charge in [-0.25, -0.2) is 4.79 Å². The van der Waals surface area contributed by atoms with Crippen LogP contribution in [0.3, 0.4) is 0 Å². The Morgan fingerprint density at radius 2 is 1.95 bits per heavy atom. The molecule has 0 N–H and O–H groups in total. The molecule has 4 nitrogen and oxygen atoms in total. The second kappa shape index (κ2) is 5.27. The van der Waals surface area contributed by atoms with Crippen molar-refractivity contribution in [3.63, 3.8) is 0 Å². The average Bonchev–Trinajstić information content (AvgIpc) is 2.73. The van der Waals surface area contributed by atoms with E-state index in [4.69, 9.17) is 0 Å². The summed E-state index contributed by atoms with van der Waals surface area (Å²) in [5, 5.41) is 0. The minimum absolute atomic E-state index is 0.0167. The Bertz CT molecular complexity index is 514. The fraction of sp³-hybridized carbons (Fsp3) is 0.500. The summed E-state index contributed by atoms with van der Waals surface area (Å²) in [6.45, 7) is 3.27. The molecule has 1 aromatic carbocycles. The molecule has 20 heavy (non-hydrogen) atoms. The lowest BCUT2D eigenvalue weighted by Gasteiger charge is -2.31. The molecule has 0 saturated carbocycles. The van der Waals surface area contributed by atoms with Crippen molar-refractivity contribution in [3.8, 4) is 0 Å². The monoisotopic (exact) mass is 272 g/mol. The molecule has 0 spiro atoms. The van der Waals surface area contributed by atoms with Gasteiger partial charge in [0.1, 0.15) is 6.04 Å². The van der Waals surface area contributed by atoms with Gasteiger partial charge in [-0.1, -0.05) is 43.7 Å². The Kier molecular flexibility index (Phi) is 3.47. The van der Waals surface area contributed by atoms with Crippen LogP contribution in [0.15, 0.2) is 30.3 Å². The normalized spacial score (nSPS) is 26.1. The second-order valence-electron chi connectivity index (χ2n) is 5.70. The van der Waals surface area contributed by atoms with Gasteiger partial charge < -0.3 is 4.90 Å². The number of imide groups is 1. The molecular weight excluding hydrogens is 252 g/mol. The Morgan fingerprint density at radius 1 is 1.20 bits per heavy atom. The van der Waals surface area contributed by atoms with E-state index in [1.54, 1.807) is 4.90 Å². The number of amides is 3. The maximum Gasteiger partial charge on any atom is 0.327 e. The number of hydrogen-bond acceptors (Lipinski definition) is 2. The number of piperidine rings is 1. The zero-order valence-corrected chi connectivity index (χ0v) is 11.8. The van der Waals surface area contributed by atoms with E-state index in [0.29, 0.717) is 12.5 Å². The number of urea groups is 1. The molecule has 3 amide bonds. The lowest BCUT2D eigenvalue weighted by atomic mass is 9.89. The number of hydrogen-bond donors (Lipinski definition) is 0. The van der Waals surface area contributed by atoms with E-state index in [1.165, 1.54) is 4.90 Å². The molecular formula is C16H20N2O2. The van der Waals surface area contributed by atoms with Crippen molar-refractivity contribution in [1.29, 1.82) is 0 Å².